The van der Waals surface area contributed by atoms with Crippen molar-refractivity contribution in [2.24, 2.45) is 0 Å². The lowest BCUT2D eigenvalue weighted by Gasteiger charge is -2.32. The standard InChI is InChI=1S/C13H20N2O2/c1-11-2-3-12(15-8-11)9-14-10-13(16)4-6-17-7-5-13/h2-3,8,14,16H,4-7,9-10H2,1H3. The number of hydrogen-bond acceptors (Lipinski definition) is 4. The summed E-state index contributed by atoms with van der Waals surface area (Å²) < 4.78 is 5.24. The van der Waals surface area contributed by atoms with Crippen LogP contribution in [0, 0.1) is 6.92 Å². The third kappa shape index (κ3) is 3.77. The number of hydrogen-bond donors (Lipinski definition) is 2. The zero-order chi connectivity index (χ0) is 12.1. The van der Waals surface area contributed by atoms with E-state index in [1.807, 2.05) is 25.3 Å². The van der Waals surface area contributed by atoms with Gasteiger partial charge >= 0.3 is 0 Å². The maximum Gasteiger partial charge on any atom is 0.0815 e. The van der Waals surface area contributed by atoms with Crippen LogP contribution in [0.5, 0.6) is 0 Å². The second kappa shape index (κ2) is 5.58. The summed E-state index contributed by atoms with van der Waals surface area (Å²) in [5.41, 5.74) is 1.56. The van der Waals surface area contributed by atoms with E-state index >= 15 is 0 Å². The van der Waals surface area contributed by atoms with Gasteiger partial charge in [0.15, 0.2) is 0 Å². The number of nitrogens with one attached hydrogen (secondary N) is 1. The van der Waals surface area contributed by atoms with Crippen molar-refractivity contribution in [3.05, 3.63) is 29.6 Å². The van der Waals surface area contributed by atoms with E-state index in [4.69, 9.17) is 4.74 Å². The van der Waals surface area contributed by atoms with Gasteiger partial charge in [-0.25, -0.2) is 0 Å². The summed E-state index contributed by atoms with van der Waals surface area (Å²) in [6.45, 7) is 4.63. The van der Waals surface area contributed by atoms with E-state index in [2.05, 4.69) is 10.3 Å². The quantitative estimate of drug-likeness (QED) is 0.819. The van der Waals surface area contributed by atoms with E-state index < -0.39 is 5.60 Å². The van der Waals surface area contributed by atoms with E-state index in [9.17, 15) is 5.11 Å². The molecule has 2 rings (SSSR count). The molecule has 2 N–H and O–H groups in total. The highest BCUT2D eigenvalue weighted by atomic mass is 16.5. The molecule has 0 radical (unpaired) electrons. The van der Waals surface area contributed by atoms with Crippen LogP contribution in [0.4, 0.5) is 0 Å². The lowest BCUT2D eigenvalue weighted by molar-refractivity contribution is -0.0617. The summed E-state index contributed by atoms with van der Waals surface area (Å²) in [5.74, 6) is 0. The highest BCUT2D eigenvalue weighted by Crippen LogP contribution is 2.19. The smallest absolute Gasteiger partial charge is 0.0815 e. The van der Waals surface area contributed by atoms with Crippen LogP contribution < -0.4 is 5.32 Å². The second-order valence-corrected chi connectivity index (χ2v) is 4.77. The van der Waals surface area contributed by atoms with Gasteiger partial charge in [-0.15, -0.1) is 0 Å². The summed E-state index contributed by atoms with van der Waals surface area (Å²) in [5, 5.41) is 13.5. The van der Waals surface area contributed by atoms with Crippen LogP contribution in [0.2, 0.25) is 0 Å². The molecule has 0 spiro atoms. The van der Waals surface area contributed by atoms with Crippen molar-refractivity contribution in [1.29, 1.82) is 0 Å². The fourth-order valence-corrected chi connectivity index (χ4v) is 1.95. The summed E-state index contributed by atoms with van der Waals surface area (Å²) in [7, 11) is 0. The Balaban J connectivity index is 1.77. The van der Waals surface area contributed by atoms with Gasteiger partial charge in [0, 0.05) is 45.3 Å². The van der Waals surface area contributed by atoms with Crippen LogP contribution in [0.15, 0.2) is 18.3 Å². The molecule has 1 aliphatic heterocycles. The Bertz CT molecular complexity index is 345. The molecule has 0 aliphatic carbocycles. The number of aromatic nitrogens is 1. The monoisotopic (exact) mass is 236 g/mol. The van der Waals surface area contributed by atoms with Crippen molar-refractivity contribution in [2.75, 3.05) is 19.8 Å². The van der Waals surface area contributed by atoms with E-state index in [1.165, 1.54) is 0 Å². The van der Waals surface area contributed by atoms with Gasteiger partial charge in [-0.2, -0.15) is 0 Å². The summed E-state index contributed by atoms with van der Waals surface area (Å²) in [4.78, 5) is 4.31. The van der Waals surface area contributed by atoms with Crippen molar-refractivity contribution in [1.82, 2.24) is 10.3 Å². The van der Waals surface area contributed by atoms with Crippen LogP contribution in [0.25, 0.3) is 0 Å². The van der Waals surface area contributed by atoms with Gasteiger partial charge in [0.2, 0.25) is 0 Å². The van der Waals surface area contributed by atoms with E-state index in [0.717, 1.165) is 11.3 Å². The van der Waals surface area contributed by atoms with Crippen molar-refractivity contribution >= 4 is 0 Å². The molecule has 2 heterocycles. The molecule has 0 bridgehead atoms. The first-order chi connectivity index (χ1) is 8.18. The zero-order valence-corrected chi connectivity index (χ0v) is 10.3. The number of aryl methyl sites for hydroxylation is 1. The zero-order valence-electron chi connectivity index (χ0n) is 10.3. The molecule has 4 nitrogen and oxygen atoms in total. The van der Waals surface area contributed by atoms with Gasteiger partial charge in [-0.1, -0.05) is 6.07 Å². The number of aliphatic hydroxyl groups is 1. The normalized spacial score (nSPS) is 19.2. The molecular weight excluding hydrogens is 216 g/mol. The molecule has 0 aromatic carbocycles. The van der Waals surface area contributed by atoms with E-state index in [1.54, 1.807) is 0 Å². The summed E-state index contributed by atoms with van der Waals surface area (Å²) in [6.07, 6.45) is 3.28. The third-order valence-corrected chi connectivity index (χ3v) is 3.16. The maximum absolute atomic E-state index is 10.2. The Labute approximate surface area is 102 Å². The molecule has 4 heteroatoms. The molecule has 0 saturated carbocycles. The van der Waals surface area contributed by atoms with Crippen LogP contribution in [0.3, 0.4) is 0 Å². The van der Waals surface area contributed by atoms with Crippen LogP contribution in [0.1, 0.15) is 24.1 Å². The average molecular weight is 236 g/mol. The molecule has 1 aromatic heterocycles. The van der Waals surface area contributed by atoms with Gasteiger partial charge in [-0.3, -0.25) is 4.98 Å². The Morgan fingerprint density at radius 1 is 1.41 bits per heavy atom. The number of nitrogens with zero attached hydrogens (tertiary/aromatic N) is 1. The molecule has 1 aromatic rings. The lowest BCUT2D eigenvalue weighted by atomic mass is 9.94. The van der Waals surface area contributed by atoms with Crippen LogP contribution >= 0.6 is 0 Å². The molecule has 1 fully saturated rings. The van der Waals surface area contributed by atoms with Gasteiger partial charge in [-0.05, 0) is 18.6 Å². The number of pyridine rings is 1. The van der Waals surface area contributed by atoms with Crippen molar-refractivity contribution in [3.63, 3.8) is 0 Å². The highest BCUT2D eigenvalue weighted by Gasteiger charge is 2.28. The SMILES string of the molecule is Cc1ccc(CNCC2(O)CCOCC2)nc1. The topological polar surface area (TPSA) is 54.4 Å². The number of ether oxygens (including phenoxy) is 1. The summed E-state index contributed by atoms with van der Waals surface area (Å²) >= 11 is 0. The summed E-state index contributed by atoms with van der Waals surface area (Å²) in [6, 6.07) is 4.06. The molecule has 1 saturated heterocycles. The minimum absolute atomic E-state index is 0.603. The molecule has 0 amide bonds. The lowest BCUT2D eigenvalue weighted by Crippen LogP contribution is -2.44. The van der Waals surface area contributed by atoms with Gasteiger partial charge in [0.25, 0.3) is 0 Å². The maximum atomic E-state index is 10.2. The molecule has 94 valence electrons. The Morgan fingerprint density at radius 2 is 2.18 bits per heavy atom. The highest BCUT2D eigenvalue weighted by molar-refractivity contribution is 5.12. The minimum atomic E-state index is -0.608. The fourth-order valence-electron chi connectivity index (χ4n) is 1.95. The van der Waals surface area contributed by atoms with Crippen LogP contribution in [-0.2, 0) is 11.3 Å². The molecular formula is C13H20N2O2. The fraction of sp³-hybridized carbons (Fsp3) is 0.615. The van der Waals surface area contributed by atoms with Gasteiger partial charge in [0.1, 0.15) is 0 Å². The minimum Gasteiger partial charge on any atom is -0.388 e. The Kier molecular flexibility index (Phi) is 4.10. The second-order valence-electron chi connectivity index (χ2n) is 4.77. The number of rotatable bonds is 4. The Hall–Kier alpha value is -0.970. The van der Waals surface area contributed by atoms with Crippen molar-refractivity contribution < 1.29 is 9.84 Å². The average Bonchev–Trinajstić information content (AvgIpc) is 2.32. The largest absolute Gasteiger partial charge is 0.388 e. The van der Waals surface area contributed by atoms with E-state index in [0.29, 0.717) is 39.1 Å². The molecule has 17 heavy (non-hydrogen) atoms. The van der Waals surface area contributed by atoms with Crippen molar-refractivity contribution in [2.45, 2.75) is 31.9 Å². The van der Waals surface area contributed by atoms with E-state index in [-0.39, 0.29) is 0 Å². The van der Waals surface area contributed by atoms with Gasteiger partial charge < -0.3 is 15.2 Å². The Morgan fingerprint density at radius 3 is 2.82 bits per heavy atom. The third-order valence-electron chi connectivity index (χ3n) is 3.16. The first kappa shape index (κ1) is 12.5. The predicted octanol–water partition coefficient (Wildman–Crippen LogP) is 1.02. The predicted molar refractivity (Wildman–Crippen MR) is 65.7 cm³/mol. The molecule has 1 aliphatic rings. The van der Waals surface area contributed by atoms with Crippen LogP contribution in [-0.4, -0.2) is 35.5 Å². The molecule has 0 atom stereocenters. The van der Waals surface area contributed by atoms with Gasteiger partial charge in [0.05, 0.1) is 11.3 Å². The molecule has 0 unspecified atom stereocenters. The first-order valence-corrected chi connectivity index (χ1v) is 6.10. The van der Waals surface area contributed by atoms with Crippen molar-refractivity contribution in [3.8, 4) is 0 Å². The first-order valence-electron chi connectivity index (χ1n) is 6.10.